The molecule has 17 heavy (non-hydrogen) atoms. The average Bonchev–Trinajstić information content (AvgIpc) is 2.14. The van der Waals surface area contributed by atoms with E-state index in [0.717, 1.165) is 30.8 Å². The van der Waals surface area contributed by atoms with Crippen molar-refractivity contribution in [2.45, 2.75) is 13.8 Å². The zero-order chi connectivity index (χ0) is 11.5. The van der Waals surface area contributed by atoms with Crippen molar-refractivity contribution in [3.05, 3.63) is 34.9 Å². The van der Waals surface area contributed by atoms with Gasteiger partial charge >= 0.3 is 0 Å². The molecule has 0 unspecified atom stereocenters. The van der Waals surface area contributed by atoms with Crippen LogP contribution in [-0.2, 0) is 0 Å². The smallest absolute Gasteiger partial charge is 0.251 e. The molecule has 0 bridgehead atoms. The van der Waals surface area contributed by atoms with Crippen molar-refractivity contribution in [1.29, 1.82) is 0 Å². The SMILES string of the molecule is Cc1ccc(C(=O)NCC2CNC2)c(C)c1.Cl. The zero-order valence-corrected chi connectivity index (χ0v) is 11.1. The summed E-state index contributed by atoms with van der Waals surface area (Å²) in [5, 5.41) is 6.17. The summed E-state index contributed by atoms with van der Waals surface area (Å²) in [7, 11) is 0. The summed E-state index contributed by atoms with van der Waals surface area (Å²) < 4.78 is 0. The topological polar surface area (TPSA) is 41.1 Å². The van der Waals surface area contributed by atoms with Gasteiger partial charge in [-0.1, -0.05) is 17.7 Å². The molecule has 0 spiro atoms. The number of halogens is 1. The lowest BCUT2D eigenvalue weighted by Crippen LogP contribution is -2.48. The highest BCUT2D eigenvalue weighted by atomic mass is 35.5. The molecule has 1 aliphatic heterocycles. The summed E-state index contributed by atoms with van der Waals surface area (Å²) in [4.78, 5) is 11.9. The number of benzene rings is 1. The van der Waals surface area contributed by atoms with Crippen molar-refractivity contribution in [1.82, 2.24) is 10.6 Å². The molecular formula is C13H19ClN2O. The second kappa shape index (κ2) is 6.03. The van der Waals surface area contributed by atoms with Crippen molar-refractivity contribution >= 4 is 18.3 Å². The lowest BCUT2D eigenvalue weighted by molar-refractivity contribution is 0.0941. The molecule has 1 heterocycles. The van der Waals surface area contributed by atoms with E-state index in [0.29, 0.717) is 5.92 Å². The highest BCUT2D eigenvalue weighted by molar-refractivity contribution is 5.95. The van der Waals surface area contributed by atoms with Gasteiger partial charge in [-0.25, -0.2) is 0 Å². The van der Waals surface area contributed by atoms with E-state index in [9.17, 15) is 4.79 Å². The van der Waals surface area contributed by atoms with E-state index in [2.05, 4.69) is 10.6 Å². The van der Waals surface area contributed by atoms with Crippen LogP contribution in [0.4, 0.5) is 0 Å². The lowest BCUT2D eigenvalue weighted by Gasteiger charge is -2.27. The summed E-state index contributed by atoms with van der Waals surface area (Å²) in [6.45, 7) is 6.83. The standard InChI is InChI=1S/C13H18N2O.ClH/c1-9-3-4-12(10(2)5-9)13(16)15-8-11-6-14-7-11;/h3-5,11,14H,6-8H2,1-2H3,(H,15,16);1H. The Bertz CT molecular complexity index is 402. The predicted octanol–water partition coefficient (Wildman–Crippen LogP) is 1.67. The Hall–Kier alpha value is -1.06. The quantitative estimate of drug-likeness (QED) is 0.862. The van der Waals surface area contributed by atoms with E-state index in [-0.39, 0.29) is 18.3 Å². The van der Waals surface area contributed by atoms with Gasteiger partial charge in [-0.05, 0) is 25.5 Å². The van der Waals surface area contributed by atoms with Gasteiger partial charge in [0, 0.05) is 31.1 Å². The van der Waals surface area contributed by atoms with Crippen LogP contribution in [0.2, 0.25) is 0 Å². The molecule has 3 nitrogen and oxygen atoms in total. The van der Waals surface area contributed by atoms with E-state index in [1.165, 1.54) is 5.56 Å². The third-order valence-corrected chi connectivity index (χ3v) is 3.04. The second-order valence-corrected chi connectivity index (χ2v) is 4.55. The molecule has 0 atom stereocenters. The van der Waals surface area contributed by atoms with E-state index in [1.807, 2.05) is 32.0 Å². The first-order chi connectivity index (χ1) is 7.66. The van der Waals surface area contributed by atoms with Gasteiger partial charge in [-0.2, -0.15) is 0 Å². The van der Waals surface area contributed by atoms with Crippen LogP contribution in [0, 0.1) is 19.8 Å². The molecule has 4 heteroatoms. The molecule has 2 N–H and O–H groups in total. The Kier molecular flexibility index (Phi) is 4.97. The van der Waals surface area contributed by atoms with Crippen molar-refractivity contribution < 1.29 is 4.79 Å². The number of aryl methyl sites for hydroxylation is 2. The summed E-state index contributed by atoms with van der Waals surface area (Å²) in [6, 6.07) is 5.92. The van der Waals surface area contributed by atoms with Crippen LogP contribution in [0.1, 0.15) is 21.5 Å². The summed E-state index contributed by atoms with van der Waals surface area (Å²) in [5.41, 5.74) is 3.03. The lowest BCUT2D eigenvalue weighted by atomic mass is 10.0. The maximum absolute atomic E-state index is 11.9. The van der Waals surface area contributed by atoms with Crippen molar-refractivity contribution in [2.24, 2.45) is 5.92 Å². The van der Waals surface area contributed by atoms with Crippen LogP contribution in [-0.4, -0.2) is 25.5 Å². The minimum absolute atomic E-state index is 0. The van der Waals surface area contributed by atoms with Gasteiger partial charge in [0.05, 0.1) is 0 Å². The monoisotopic (exact) mass is 254 g/mol. The number of amides is 1. The van der Waals surface area contributed by atoms with Gasteiger partial charge in [0.15, 0.2) is 0 Å². The molecule has 94 valence electrons. The molecule has 2 rings (SSSR count). The normalized spacial score (nSPS) is 14.7. The van der Waals surface area contributed by atoms with Crippen LogP contribution in [0.15, 0.2) is 18.2 Å². The maximum Gasteiger partial charge on any atom is 0.251 e. The van der Waals surface area contributed by atoms with Gasteiger partial charge < -0.3 is 10.6 Å². The fraction of sp³-hybridized carbons (Fsp3) is 0.462. The predicted molar refractivity (Wildman–Crippen MR) is 71.9 cm³/mol. The molecule has 1 amide bonds. The molecule has 1 saturated heterocycles. The molecular weight excluding hydrogens is 236 g/mol. The Morgan fingerprint density at radius 3 is 2.65 bits per heavy atom. The molecule has 0 radical (unpaired) electrons. The highest BCUT2D eigenvalue weighted by Crippen LogP contribution is 2.10. The Labute approximate surface area is 108 Å². The fourth-order valence-corrected chi connectivity index (χ4v) is 1.89. The van der Waals surface area contributed by atoms with Crippen LogP contribution < -0.4 is 10.6 Å². The number of hydrogen-bond donors (Lipinski definition) is 2. The molecule has 1 fully saturated rings. The third kappa shape index (κ3) is 3.45. The van der Waals surface area contributed by atoms with Crippen molar-refractivity contribution in [3.8, 4) is 0 Å². The van der Waals surface area contributed by atoms with Gasteiger partial charge in [-0.3, -0.25) is 4.79 Å². The fourth-order valence-electron chi connectivity index (χ4n) is 1.89. The molecule has 1 aromatic carbocycles. The van der Waals surface area contributed by atoms with E-state index in [4.69, 9.17) is 0 Å². The first kappa shape index (κ1) is 14.0. The van der Waals surface area contributed by atoms with Gasteiger partial charge in [0.2, 0.25) is 0 Å². The molecule has 0 aromatic heterocycles. The van der Waals surface area contributed by atoms with E-state index >= 15 is 0 Å². The first-order valence-electron chi connectivity index (χ1n) is 5.73. The van der Waals surface area contributed by atoms with Crippen molar-refractivity contribution in [3.63, 3.8) is 0 Å². The summed E-state index contributed by atoms with van der Waals surface area (Å²) >= 11 is 0. The number of nitrogens with one attached hydrogen (secondary N) is 2. The third-order valence-electron chi connectivity index (χ3n) is 3.04. The first-order valence-corrected chi connectivity index (χ1v) is 5.73. The van der Waals surface area contributed by atoms with Crippen molar-refractivity contribution in [2.75, 3.05) is 19.6 Å². The van der Waals surface area contributed by atoms with Crippen LogP contribution in [0.25, 0.3) is 0 Å². The molecule has 1 aliphatic rings. The molecule has 0 aliphatic carbocycles. The van der Waals surface area contributed by atoms with E-state index < -0.39 is 0 Å². The summed E-state index contributed by atoms with van der Waals surface area (Å²) in [5.74, 6) is 0.652. The average molecular weight is 255 g/mol. The number of hydrogen-bond acceptors (Lipinski definition) is 2. The Morgan fingerprint density at radius 1 is 1.41 bits per heavy atom. The molecule has 0 saturated carbocycles. The number of carbonyl (C=O) groups is 1. The maximum atomic E-state index is 11.9. The number of carbonyl (C=O) groups excluding carboxylic acids is 1. The van der Waals surface area contributed by atoms with Crippen LogP contribution in [0.3, 0.4) is 0 Å². The van der Waals surface area contributed by atoms with E-state index in [1.54, 1.807) is 0 Å². The zero-order valence-electron chi connectivity index (χ0n) is 10.2. The molecule has 1 aromatic rings. The minimum Gasteiger partial charge on any atom is -0.352 e. The van der Waals surface area contributed by atoms with Gasteiger partial charge in [0.1, 0.15) is 0 Å². The Morgan fingerprint density at radius 2 is 2.12 bits per heavy atom. The summed E-state index contributed by atoms with van der Waals surface area (Å²) in [6.07, 6.45) is 0. The highest BCUT2D eigenvalue weighted by Gasteiger charge is 2.18. The second-order valence-electron chi connectivity index (χ2n) is 4.55. The van der Waals surface area contributed by atoms with Gasteiger partial charge in [0.25, 0.3) is 5.91 Å². The number of rotatable bonds is 3. The van der Waals surface area contributed by atoms with Gasteiger partial charge in [-0.15, -0.1) is 12.4 Å². The largest absolute Gasteiger partial charge is 0.352 e. The van der Waals surface area contributed by atoms with Crippen LogP contribution >= 0.6 is 12.4 Å². The minimum atomic E-state index is 0. The van der Waals surface area contributed by atoms with Crippen LogP contribution in [0.5, 0.6) is 0 Å². The Balaban J connectivity index is 0.00000144.